The highest BCUT2D eigenvalue weighted by atomic mass is 32.1. The Bertz CT molecular complexity index is 1560. The standard InChI is InChI=1S/C35H48N6O6S/c1-22(42)36-30-38-27(28(48-30)21-15-23-10-16-25(17-11-23)29(43)39(8)9)20-14-24-12-18-26(19-13-24)37-31(40(32(44)45)34(2,3)4)41(33(46)47)35(5,6)7/h10-13,16-19,31,37H,14-15,20-21H2,1-9H3,(H,44,45)(H,46,47)(H,36,38,42). The minimum Gasteiger partial charge on any atom is -0.465 e. The summed E-state index contributed by atoms with van der Waals surface area (Å²) in [6, 6.07) is 15.0. The van der Waals surface area contributed by atoms with E-state index in [4.69, 9.17) is 4.98 Å². The summed E-state index contributed by atoms with van der Waals surface area (Å²) >= 11 is 1.46. The summed E-state index contributed by atoms with van der Waals surface area (Å²) in [5.74, 6) is -0.237. The van der Waals surface area contributed by atoms with Gasteiger partial charge in [-0.05, 0) is 103 Å². The first-order valence-electron chi connectivity index (χ1n) is 15.7. The van der Waals surface area contributed by atoms with Crippen molar-refractivity contribution in [3.05, 3.63) is 75.8 Å². The van der Waals surface area contributed by atoms with E-state index in [0.29, 0.717) is 29.2 Å². The van der Waals surface area contributed by atoms with E-state index in [0.717, 1.165) is 44.3 Å². The lowest BCUT2D eigenvalue weighted by Gasteiger charge is -2.48. The average molecular weight is 681 g/mol. The minimum atomic E-state index is -1.25. The van der Waals surface area contributed by atoms with Crippen molar-refractivity contribution >= 4 is 46.2 Å². The Morgan fingerprint density at radius 3 is 1.69 bits per heavy atom. The van der Waals surface area contributed by atoms with Crippen molar-refractivity contribution in [1.82, 2.24) is 19.7 Å². The van der Waals surface area contributed by atoms with Gasteiger partial charge in [-0.15, -0.1) is 11.3 Å². The summed E-state index contributed by atoms with van der Waals surface area (Å²) in [5.41, 5.74) is 2.39. The zero-order chi connectivity index (χ0) is 36.0. The van der Waals surface area contributed by atoms with Crippen LogP contribution < -0.4 is 10.6 Å². The molecule has 1 heterocycles. The number of nitrogens with one attached hydrogen (secondary N) is 2. The second-order valence-electron chi connectivity index (χ2n) is 13.8. The number of carboxylic acid groups (broad SMARTS) is 2. The van der Waals surface area contributed by atoms with Crippen molar-refractivity contribution < 1.29 is 29.4 Å². The van der Waals surface area contributed by atoms with Gasteiger partial charge >= 0.3 is 12.2 Å². The van der Waals surface area contributed by atoms with Crippen LogP contribution in [0.3, 0.4) is 0 Å². The molecule has 0 saturated heterocycles. The number of thiazole rings is 1. The van der Waals surface area contributed by atoms with Crippen LogP contribution in [0.4, 0.5) is 20.4 Å². The van der Waals surface area contributed by atoms with E-state index < -0.39 is 29.6 Å². The van der Waals surface area contributed by atoms with Gasteiger partial charge in [-0.2, -0.15) is 0 Å². The lowest BCUT2D eigenvalue weighted by atomic mass is 10.0. The number of aromatic nitrogens is 1. The molecule has 0 aliphatic heterocycles. The number of rotatable bonds is 12. The molecule has 0 unspecified atom stereocenters. The molecule has 0 fully saturated rings. The van der Waals surface area contributed by atoms with Crippen LogP contribution in [0.15, 0.2) is 48.5 Å². The molecular formula is C35H48N6O6S. The Balaban J connectivity index is 1.78. The number of nitrogens with zero attached hydrogens (tertiary/aromatic N) is 4. The van der Waals surface area contributed by atoms with Crippen molar-refractivity contribution in [2.45, 2.75) is 91.5 Å². The maximum absolute atomic E-state index is 12.4. The third kappa shape index (κ3) is 10.2. The van der Waals surface area contributed by atoms with Gasteiger partial charge < -0.3 is 25.7 Å². The maximum Gasteiger partial charge on any atom is 0.410 e. The lowest BCUT2D eigenvalue weighted by molar-refractivity contribution is -0.114. The maximum atomic E-state index is 12.4. The highest BCUT2D eigenvalue weighted by molar-refractivity contribution is 7.15. The van der Waals surface area contributed by atoms with Gasteiger partial charge in [-0.1, -0.05) is 24.3 Å². The molecule has 12 nitrogen and oxygen atoms in total. The Labute approximate surface area is 286 Å². The highest BCUT2D eigenvalue weighted by Crippen LogP contribution is 2.29. The lowest BCUT2D eigenvalue weighted by Crippen LogP contribution is -2.66. The van der Waals surface area contributed by atoms with E-state index in [1.807, 2.05) is 48.5 Å². The van der Waals surface area contributed by atoms with Gasteiger partial charge in [0.05, 0.1) is 5.69 Å². The van der Waals surface area contributed by atoms with Crippen LogP contribution in [0.25, 0.3) is 0 Å². The number of benzene rings is 2. The Hall–Kier alpha value is -4.65. The van der Waals surface area contributed by atoms with E-state index in [-0.39, 0.29) is 11.8 Å². The number of carbonyl (C=O) groups is 4. The van der Waals surface area contributed by atoms with Crippen LogP contribution in [0.5, 0.6) is 0 Å². The molecule has 1 aromatic heterocycles. The van der Waals surface area contributed by atoms with Crippen molar-refractivity contribution in [3.8, 4) is 0 Å². The van der Waals surface area contributed by atoms with Gasteiger partial charge in [0.1, 0.15) is 0 Å². The molecule has 3 aromatic rings. The third-order valence-corrected chi connectivity index (χ3v) is 8.63. The first-order chi connectivity index (χ1) is 22.3. The minimum absolute atomic E-state index is 0.0471. The van der Waals surface area contributed by atoms with Gasteiger partial charge in [0.2, 0.25) is 5.91 Å². The SMILES string of the molecule is CC(=O)Nc1nc(CCc2ccc(NC(N(C(=O)O)C(C)(C)C)N(C(=O)O)C(C)(C)C)cc2)c(CCc2ccc(C(=O)N(C)C)cc2)s1. The Morgan fingerprint density at radius 1 is 0.771 bits per heavy atom. The fraction of sp³-hybridized carbons (Fsp3) is 0.457. The summed E-state index contributed by atoms with van der Waals surface area (Å²) in [4.78, 5) is 58.3. The number of hydrogen-bond donors (Lipinski definition) is 4. The quantitative estimate of drug-likeness (QED) is 0.156. The molecule has 0 bridgehead atoms. The zero-order valence-corrected chi connectivity index (χ0v) is 30.1. The zero-order valence-electron chi connectivity index (χ0n) is 29.2. The van der Waals surface area contributed by atoms with Crippen LogP contribution in [-0.2, 0) is 30.5 Å². The van der Waals surface area contributed by atoms with Gasteiger partial charge in [-0.25, -0.2) is 14.6 Å². The van der Waals surface area contributed by atoms with E-state index in [1.54, 1.807) is 60.5 Å². The number of amides is 4. The van der Waals surface area contributed by atoms with Gasteiger partial charge in [0.25, 0.3) is 5.91 Å². The van der Waals surface area contributed by atoms with Gasteiger partial charge in [0, 0.05) is 48.2 Å². The smallest absolute Gasteiger partial charge is 0.410 e. The normalized spacial score (nSPS) is 11.6. The van der Waals surface area contributed by atoms with E-state index in [9.17, 15) is 29.4 Å². The molecular weight excluding hydrogens is 632 g/mol. The summed E-state index contributed by atoms with van der Waals surface area (Å²) < 4.78 is 0. The molecule has 4 amide bonds. The molecule has 2 aromatic carbocycles. The second-order valence-corrected chi connectivity index (χ2v) is 14.9. The Morgan fingerprint density at radius 2 is 1.25 bits per heavy atom. The number of hydrogen-bond acceptors (Lipinski definition) is 7. The molecule has 13 heteroatoms. The first kappa shape index (κ1) is 37.8. The summed E-state index contributed by atoms with van der Waals surface area (Å²) in [7, 11) is 3.45. The molecule has 0 aliphatic carbocycles. The van der Waals surface area contributed by atoms with Gasteiger partial charge in [-0.3, -0.25) is 19.4 Å². The van der Waals surface area contributed by atoms with Crippen LogP contribution in [0, 0.1) is 0 Å². The summed E-state index contributed by atoms with van der Waals surface area (Å²) in [5, 5.41) is 26.8. The molecule has 0 aliphatic rings. The number of carbonyl (C=O) groups excluding carboxylic acids is 2. The van der Waals surface area contributed by atoms with Crippen molar-refractivity contribution in [2.24, 2.45) is 0 Å². The molecule has 48 heavy (non-hydrogen) atoms. The van der Waals surface area contributed by atoms with Crippen LogP contribution >= 0.6 is 11.3 Å². The van der Waals surface area contributed by atoms with Crippen LogP contribution in [-0.4, -0.2) is 85.4 Å². The summed E-state index contributed by atoms with van der Waals surface area (Å²) in [6.07, 6.45) is -0.933. The van der Waals surface area contributed by atoms with Crippen molar-refractivity contribution in [1.29, 1.82) is 0 Å². The number of aryl methyl sites for hydroxylation is 4. The number of anilines is 2. The Kier molecular flexibility index (Phi) is 12.2. The molecule has 260 valence electrons. The molecule has 4 N–H and O–H groups in total. The van der Waals surface area contributed by atoms with Gasteiger partial charge in [0.15, 0.2) is 11.4 Å². The molecule has 3 rings (SSSR count). The molecule has 0 atom stereocenters. The van der Waals surface area contributed by atoms with E-state index in [1.165, 1.54) is 18.3 Å². The first-order valence-corrected chi connectivity index (χ1v) is 16.6. The molecule has 0 radical (unpaired) electrons. The van der Waals surface area contributed by atoms with Crippen LogP contribution in [0.1, 0.15) is 80.5 Å². The highest BCUT2D eigenvalue weighted by Gasteiger charge is 2.43. The van der Waals surface area contributed by atoms with Crippen molar-refractivity contribution in [2.75, 3.05) is 24.7 Å². The molecule has 0 saturated carbocycles. The largest absolute Gasteiger partial charge is 0.465 e. The topological polar surface area (TPSA) is 155 Å². The summed E-state index contributed by atoms with van der Waals surface area (Å²) in [6.45, 7) is 11.8. The third-order valence-electron chi connectivity index (χ3n) is 7.56. The predicted octanol–water partition coefficient (Wildman–Crippen LogP) is 6.63. The average Bonchev–Trinajstić information content (AvgIpc) is 3.34. The van der Waals surface area contributed by atoms with Crippen LogP contribution in [0.2, 0.25) is 0 Å². The fourth-order valence-electron chi connectivity index (χ4n) is 5.25. The monoisotopic (exact) mass is 680 g/mol. The van der Waals surface area contributed by atoms with Crippen molar-refractivity contribution in [3.63, 3.8) is 0 Å². The molecule has 0 spiro atoms. The fourth-order valence-corrected chi connectivity index (χ4v) is 6.30. The van der Waals surface area contributed by atoms with E-state index in [2.05, 4.69) is 10.6 Å². The second kappa shape index (κ2) is 15.5. The van der Waals surface area contributed by atoms with E-state index >= 15 is 0 Å². The predicted molar refractivity (Wildman–Crippen MR) is 189 cm³/mol.